The number of carbonyl (C=O) groups excluding carboxylic acids is 1. The van der Waals surface area contributed by atoms with Gasteiger partial charge in [0.25, 0.3) is 0 Å². The van der Waals surface area contributed by atoms with Crippen molar-refractivity contribution in [3.8, 4) is 0 Å². The molecule has 0 saturated carbocycles. The van der Waals surface area contributed by atoms with Gasteiger partial charge in [0.05, 0.1) is 0 Å². The van der Waals surface area contributed by atoms with Gasteiger partial charge in [0.2, 0.25) is 5.91 Å². The van der Waals surface area contributed by atoms with Crippen molar-refractivity contribution in [1.29, 1.82) is 0 Å². The highest BCUT2D eigenvalue weighted by atomic mass is 16.2. The lowest BCUT2D eigenvalue weighted by Crippen LogP contribution is -2.30. The SMILES string of the molecule is CC[C@H](C)[C@@H]1N=Cc2ccccc2NC1=O. The summed E-state index contributed by atoms with van der Waals surface area (Å²) < 4.78 is 0. The number of carbonyl (C=O) groups is 1. The van der Waals surface area contributed by atoms with Crippen LogP contribution >= 0.6 is 0 Å². The maximum absolute atomic E-state index is 12.0. The third-order valence-electron chi connectivity index (χ3n) is 3.04. The number of nitrogens with zero attached hydrogens (tertiary/aromatic N) is 1. The highest BCUT2D eigenvalue weighted by molar-refractivity contribution is 6.03. The highest BCUT2D eigenvalue weighted by Gasteiger charge is 2.25. The van der Waals surface area contributed by atoms with Crippen LogP contribution in [0.4, 0.5) is 5.69 Å². The Morgan fingerprint density at radius 3 is 2.94 bits per heavy atom. The fourth-order valence-electron chi connectivity index (χ4n) is 1.79. The molecule has 1 heterocycles. The molecule has 0 aliphatic carbocycles. The zero-order chi connectivity index (χ0) is 11.5. The Balaban J connectivity index is 2.31. The van der Waals surface area contributed by atoms with Crippen LogP contribution in [0.15, 0.2) is 29.3 Å². The van der Waals surface area contributed by atoms with Gasteiger partial charge in [-0.3, -0.25) is 9.79 Å². The lowest BCUT2D eigenvalue weighted by Gasteiger charge is -2.16. The van der Waals surface area contributed by atoms with E-state index >= 15 is 0 Å². The number of rotatable bonds is 2. The van der Waals surface area contributed by atoms with Crippen LogP contribution in [0.3, 0.4) is 0 Å². The van der Waals surface area contributed by atoms with Gasteiger partial charge in [-0.25, -0.2) is 0 Å². The van der Waals surface area contributed by atoms with Crippen LogP contribution in [-0.2, 0) is 4.79 Å². The fourth-order valence-corrected chi connectivity index (χ4v) is 1.79. The first-order chi connectivity index (χ1) is 7.72. The Morgan fingerprint density at radius 1 is 1.44 bits per heavy atom. The van der Waals surface area contributed by atoms with Gasteiger partial charge in [0.1, 0.15) is 6.04 Å². The zero-order valence-corrected chi connectivity index (χ0v) is 9.60. The van der Waals surface area contributed by atoms with Gasteiger partial charge in [-0.15, -0.1) is 0 Å². The number of amides is 1. The van der Waals surface area contributed by atoms with E-state index in [1.54, 1.807) is 6.21 Å². The first kappa shape index (κ1) is 10.9. The number of para-hydroxylation sites is 1. The highest BCUT2D eigenvalue weighted by Crippen LogP contribution is 2.20. The summed E-state index contributed by atoms with van der Waals surface area (Å²) in [7, 11) is 0. The monoisotopic (exact) mass is 216 g/mol. The van der Waals surface area contributed by atoms with Crippen molar-refractivity contribution in [3.05, 3.63) is 29.8 Å². The first-order valence-corrected chi connectivity index (χ1v) is 5.65. The topological polar surface area (TPSA) is 41.5 Å². The maximum atomic E-state index is 12.0. The first-order valence-electron chi connectivity index (χ1n) is 5.65. The number of benzene rings is 1. The van der Waals surface area contributed by atoms with E-state index in [1.807, 2.05) is 24.3 Å². The van der Waals surface area contributed by atoms with Gasteiger partial charge in [0, 0.05) is 17.5 Å². The van der Waals surface area contributed by atoms with E-state index in [-0.39, 0.29) is 17.9 Å². The Labute approximate surface area is 95.6 Å². The van der Waals surface area contributed by atoms with E-state index in [4.69, 9.17) is 0 Å². The van der Waals surface area contributed by atoms with Crippen LogP contribution in [0, 0.1) is 5.92 Å². The number of anilines is 1. The largest absolute Gasteiger partial charge is 0.324 e. The number of benzodiazepines with no additional fused rings is 1. The second-order valence-corrected chi connectivity index (χ2v) is 4.19. The van der Waals surface area contributed by atoms with Crippen molar-refractivity contribution in [1.82, 2.24) is 0 Å². The second-order valence-electron chi connectivity index (χ2n) is 4.19. The predicted octanol–water partition coefficient (Wildman–Crippen LogP) is 2.47. The summed E-state index contributed by atoms with van der Waals surface area (Å²) in [6.07, 6.45) is 2.75. The molecule has 3 heteroatoms. The molecule has 3 nitrogen and oxygen atoms in total. The van der Waals surface area contributed by atoms with Gasteiger partial charge >= 0.3 is 0 Å². The molecule has 2 rings (SSSR count). The molecule has 1 amide bonds. The smallest absolute Gasteiger partial charge is 0.249 e. The molecule has 1 aliphatic rings. The fraction of sp³-hybridized carbons (Fsp3) is 0.385. The van der Waals surface area contributed by atoms with Crippen molar-refractivity contribution >= 4 is 17.8 Å². The quantitative estimate of drug-likeness (QED) is 0.810. The third kappa shape index (κ3) is 1.98. The minimum absolute atomic E-state index is 0.00412. The molecule has 0 aromatic heterocycles. The summed E-state index contributed by atoms with van der Waals surface area (Å²) in [5.74, 6) is 0.265. The number of fused-ring (bicyclic) bond motifs is 1. The number of hydrogen-bond acceptors (Lipinski definition) is 2. The van der Waals surface area contributed by atoms with Crippen LogP contribution in [0.1, 0.15) is 25.8 Å². The molecular weight excluding hydrogens is 200 g/mol. The standard InChI is InChI=1S/C13H16N2O/c1-3-9(2)12-13(16)15-11-7-5-4-6-10(11)8-14-12/h4-9,12H,3H2,1-2H3,(H,15,16)/t9-,12-/m0/s1. The Morgan fingerprint density at radius 2 is 2.19 bits per heavy atom. The lowest BCUT2D eigenvalue weighted by molar-refractivity contribution is -0.118. The lowest BCUT2D eigenvalue weighted by atomic mass is 9.99. The maximum Gasteiger partial charge on any atom is 0.249 e. The van der Waals surface area contributed by atoms with Crippen molar-refractivity contribution in [2.45, 2.75) is 26.3 Å². The number of hydrogen-bond donors (Lipinski definition) is 1. The van der Waals surface area contributed by atoms with Gasteiger partial charge in [0.15, 0.2) is 0 Å². The van der Waals surface area contributed by atoms with Gasteiger partial charge < -0.3 is 5.32 Å². The molecule has 1 N–H and O–H groups in total. The van der Waals surface area contributed by atoms with Gasteiger partial charge in [-0.1, -0.05) is 38.5 Å². The van der Waals surface area contributed by atoms with Gasteiger partial charge in [-0.2, -0.15) is 0 Å². The van der Waals surface area contributed by atoms with E-state index in [2.05, 4.69) is 24.2 Å². The molecule has 0 fully saturated rings. The summed E-state index contributed by atoms with van der Waals surface area (Å²) in [5.41, 5.74) is 1.82. The normalized spacial score (nSPS) is 20.9. The Bertz CT molecular complexity index is 426. The molecule has 0 bridgehead atoms. The van der Waals surface area contributed by atoms with Gasteiger partial charge in [-0.05, 0) is 12.0 Å². The predicted molar refractivity (Wildman–Crippen MR) is 65.9 cm³/mol. The van der Waals surface area contributed by atoms with Crippen LogP contribution in [0.25, 0.3) is 0 Å². The molecule has 1 aliphatic heterocycles. The van der Waals surface area contributed by atoms with E-state index in [0.717, 1.165) is 17.7 Å². The summed E-state index contributed by atoms with van der Waals surface area (Å²) in [6.45, 7) is 4.13. The van der Waals surface area contributed by atoms with Crippen LogP contribution in [0.5, 0.6) is 0 Å². The van der Waals surface area contributed by atoms with E-state index < -0.39 is 0 Å². The van der Waals surface area contributed by atoms with Crippen molar-refractivity contribution < 1.29 is 4.79 Å². The average Bonchev–Trinajstić information content (AvgIpc) is 2.46. The van der Waals surface area contributed by atoms with E-state index in [9.17, 15) is 4.79 Å². The number of aliphatic imine (C=N–C) groups is 1. The molecule has 0 spiro atoms. The van der Waals surface area contributed by atoms with Crippen LogP contribution < -0.4 is 5.32 Å². The Hall–Kier alpha value is -1.64. The number of nitrogens with one attached hydrogen (secondary N) is 1. The van der Waals surface area contributed by atoms with Crippen molar-refractivity contribution in [3.63, 3.8) is 0 Å². The molecule has 0 unspecified atom stereocenters. The van der Waals surface area contributed by atoms with Crippen molar-refractivity contribution in [2.75, 3.05) is 5.32 Å². The molecular formula is C13H16N2O. The summed E-state index contributed by atoms with van der Waals surface area (Å²) in [4.78, 5) is 16.3. The van der Waals surface area contributed by atoms with E-state index in [0.29, 0.717) is 0 Å². The molecule has 16 heavy (non-hydrogen) atoms. The van der Waals surface area contributed by atoms with Crippen LogP contribution in [0.2, 0.25) is 0 Å². The zero-order valence-electron chi connectivity index (χ0n) is 9.60. The summed E-state index contributed by atoms with van der Waals surface area (Å²) >= 11 is 0. The molecule has 2 atom stereocenters. The molecule has 0 radical (unpaired) electrons. The molecule has 0 saturated heterocycles. The third-order valence-corrected chi connectivity index (χ3v) is 3.04. The molecule has 1 aromatic carbocycles. The van der Waals surface area contributed by atoms with E-state index in [1.165, 1.54) is 0 Å². The Kier molecular flexibility index (Phi) is 3.04. The molecule has 84 valence electrons. The second kappa shape index (κ2) is 4.47. The average molecular weight is 216 g/mol. The summed E-state index contributed by atoms with van der Waals surface area (Å²) in [5, 5.41) is 2.92. The van der Waals surface area contributed by atoms with Crippen molar-refractivity contribution in [2.24, 2.45) is 10.9 Å². The minimum atomic E-state index is -0.266. The van der Waals surface area contributed by atoms with Crippen LogP contribution in [-0.4, -0.2) is 18.2 Å². The summed E-state index contributed by atoms with van der Waals surface area (Å²) in [6, 6.07) is 7.45. The molecule has 1 aromatic rings. The minimum Gasteiger partial charge on any atom is -0.324 e.